The molecule has 0 N–H and O–H groups in total. The molecular weight excluding hydrogens is 343 g/mol. The average Bonchev–Trinajstić information content (AvgIpc) is 3.02. The lowest BCUT2D eigenvalue weighted by atomic mass is 9.95. The molecule has 0 saturated carbocycles. The second-order valence-electron chi connectivity index (χ2n) is 7.29. The van der Waals surface area contributed by atoms with Crippen LogP contribution < -0.4 is 0 Å². The van der Waals surface area contributed by atoms with Gasteiger partial charge in [-0.15, -0.1) is 0 Å². The van der Waals surface area contributed by atoms with E-state index in [1.807, 2.05) is 35.2 Å². The van der Waals surface area contributed by atoms with Crippen LogP contribution in [0.1, 0.15) is 53.2 Å². The molecule has 4 rings (SSSR count). The number of piperidine rings is 1. The third-order valence-corrected chi connectivity index (χ3v) is 5.55. The fourth-order valence-electron chi connectivity index (χ4n) is 4.16. The van der Waals surface area contributed by atoms with Gasteiger partial charge in [-0.25, -0.2) is 4.39 Å². The van der Waals surface area contributed by atoms with Crippen LogP contribution in [0.25, 0.3) is 0 Å². The highest BCUT2D eigenvalue weighted by molar-refractivity contribution is 5.98. The number of benzene rings is 2. The van der Waals surface area contributed by atoms with Crippen molar-refractivity contribution in [1.29, 1.82) is 0 Å². The van der Waals surface area contributed by atoms with Gasteiger partial charge in [0.1, 0.15) is 5.82 Å². The summed E-state index contributed by atoms with van der Waals surface area (Å²) in [6, 6.07) is 14.0. The molecule has 1 fully saturated rings. The molecule has 1 unspecified atom stereocenters. The summed E-state index contributed by atoms with van der Waals surface area (Å²) >= 11 is 0. The first-order valence-electron chi connectivity index (χ1n) is 9.55. The Balaban J connectivity index is 1.42. The van der Waals surface area contributed by atoms with Gasteiger partial charge in [0.05, 0.1) is 6.04 Å². The number of rotatable bonds is 4. The summed E-state index contributed by atoms with van der Waals surface area (Å²) in [7, 11) is 0. The van der Waals surface area contributed by atoms with Crippen molar-refractivity contribution in [2.24, 2.45) is 0 Å². The van der Waals surface area contributed by atoms with Crippen LogP contribution in [0, 0.1) is 5.82 Å². The van der Waals surface area contributed by atoms with E-state index in [1.54, 1.807) is 11.0 Å². The molecule has 4 nitrogen and oxygen atoms in total. The highest BCUT2D eigenvalue weighted by Gasteiger charge is 2.30. The summed E-state index contributed by atoms with van der Waals surface area (Å²) in [5, 5.41) is 0. The van der Waals surface area contributed by atoms with Crippen molar-refractivity contribution < 1.29 is 14.0 Å². The van der Waals surface area contributed by atoms with E-state index < -0.39 is 0 Å². The molecule has 2 amide bonds. The molecular formula is C22H23FN2O2. The van der Waals surface area contributed by atoms with Gasteiger partial charge in [0.2, 0.25) is 5.91 Å². The second-order valence-corrected chi connectivity index (χ2v) is 7.29. The molecule has 2 aromatic rings. The Morgan fingerprint density at radius 2 is 1.96 bits per heavy atom. The largest absolute Gasteiger partial charge is 0.336 e. The highest BCUT2D eigenvalue weighted by Crippen LogP contribution is 2.32. The minimum Gasteiger partial charge on any atom is -0.336 e. The molecule has 2 heterocycles. The monoisotopic (exact) mass is 366 g/mol. The maximum atomic E-state index is 13.6. The second kappa shape index (κ2) is 7.51. The van der Waals surface area contributed by atoms with Crippen LogP contribution >= 0.6 is 0 Å². The molecule has 2 aliphatic rings. The predicted molar refractivity (Wildman–Crippen MR) is 101 cm³/mol. The molecule has 27 heavy (non-hydrogen) atoms. The maximum Gasteiger partial charge on any atom is 0.254 e. The van der Waals surface area contributed by atoms with Gasteiger partial charge in [0.25, 0.3) is 5.91 Å². The molecule has 0 spiro atoms. The lowest BCUT2D eigenvalue weighted by molar-refractivity contribution is -0.135. The lowest BCUT2D eigenvalue weighted by Gasteiger charge is -2.36. The number of likely N-dealkylation sites (tertiary alicyclic amines) is 1. The summed E-state index contributed by atoms with van der Waals surface area (Å²) in [4.78, 5) is 29.0. The van der Waals surface area contributed by atoms with Gasteiger partial charge < -0.3 is 9.80 Å². The van der Waals surface area contributed by atoms with Gasteiger partial charge in [-0.2, -0.15) is 0 Å². The number of hydrogen-bond acceptors (Lipinski definition) is 2. The highest BCUT2D eigenvalue weighted by atomic mass is 19.1. The topological polar surface area (TPSA) is 40.6 Å². The normalized spacial score (nSPS) is 19.3. The Labute approximate surface area is 158 Å². The number of nitrogens with zero attached hydrogens (tertiary/aromatic N) is 2. The molecule has 2 aromatic carbocycles. The summed E-state index contributed by atoms with van der Waals surface area (Å²) in [5.74, 6) is -0.239. The van der Waals surface area contributed by atoms with Gasteiger partial charge >= 0.3 is 0 Å². The maximum absolute atomic E-state index is 13.6. The van der Waals surface area contributed by atoms with Crippen molar-refractivity contribution >= 4 is 11.8 Å². The van der Waals surface area contributed by atoms with Crippen molar-refractivity contribution in [1.82, 2.24) is 9.80 Å². The Morgan fingerprint density at radius 3 is 2.78 bits per heavy atom. The first-order valence-corrected chi connectivity index (χ1v) is 9.55. The van der Waals surface area contributed by atoms with Crippen LogP contribution in [0.3, 0.4) is 0 Å². The lowest BCUT2D eigenvalue weighted by Crippen LogP contribution is -2.40. The van der Waals surface area contributed by atoms with Gasteiger partial charge in [-0.3, -0.25) is 9.59 Å². The molecule has 0 aromatic heterocycles. The van der Waals surface area contributed by atoms with E-state index >= 15 is 0 Å². The summed E-state index contributed by atoms with van der Waals surface area (Å²) in [6.45, 7) is 1.67. The third-order valence-electron chi connectivity index (χ3n) is 5.55. The summed E-state index contributed by atoms with van der Waals surface area (Å²) in [6.07, 6.45) is 3.14. The van der Waals surface area contributed by atoms with E-state index in [9.17, 15) is 14.0 Å². The number of hydrogen-bond donors (Lipinski definition) is 0. The molecule has 1 atom stereocenters. The zero-order chi connectivity index (χ0) is 18.8. The Kier molecular flexibility index (Phi) is 4.92. The molecule has 140 valence electrons. The van der Waals surface area contributed by atoms with E-state index in [4.69, 9.17) is 0 Å². The Bertz CT molecular complexity index is 867. The van der Waals surface area contributed by atoms with E-state index in [0.29, 0.717) is 26.1 Å². The van der Waals surface area contributed by atoms with E-state index in [2.05, 4.69) is 0 Å². The van der Waals surface area contributed by atoms with E-state index in [0.717, 1.165) is 36.0 Å². The summed E-state index contributed by atoms with van der Waals surface area (Å²) in [5.41, 5.74) is 2.61. The van der Waals surface area contributed by atoms with Crippen LogP contribution in [0.5, 0.6) is 0 Å². The van der Waals surface area contributed by atoms with Crippen LogP contribution in [0.15, 0.2) is 48.5 Å². The fraction of sp³-hybridized carbons (Fsp3) is 0.364. The van der Waals surface area contributed by atoms with Gasteiger partial charge in [-0.1, -0.05) is 30.3 Å². The molecule has 0 bridgehead atoms. The van der Waals surface area contributed by atoms with Gasteiger partial charge in [0.15, 0.2) is 0 Å². The van der Waals surface area contributed by atoms with Crippen molar-refractivity contribution in [3.8, 4) is 0 Å². The number of amides is 2. The van der Waals surface area contributed by atoms with Crippen LogP contribution in [0.2, 0.25) is 0 Å². The van der Waals surface area contributed by atoms with Crippen LogP contribution in [-0.2, 0) is 11.3 Å². The van der Waals surface area contributed by atoms with E-state index in [-0.39, 0.29) is 23.7 Å². The van der Waals surface area contributed by atoms with Crippen molar-refractivity contribution in [3.05, 3.63) is 71.0 Å². The Morgan fingerprint density at radius 1 is 1.11 bits per heavy atom. The number of carbonyl (C=O) groups excluding carboxylic acids is 2. The standard InChI is InChI=1S/C22H23FN2O2/c23-18-8-5-7-16(14-18)20-10-3-4-12-25(20)21(26)11-13-24-15-17-6-1-2-9-19(17)22(24)27/h1-2,5-9,14,20H,3-4,10-13,15H2. The first-order chi connectivity index (χ1) is 13.1. The smallest absolute Gasteiger partial charge is 0.254 e. The van der Waals surface area contributed by atoms with E-state index in [1.165, 1.54) is 12.1 Å². The molecule has 2 aliphatic heterocycles. The zero-order valence-electron chi connectivity index (χ0n) is 15.2. The summed E-state index contributed by atoms with van der Waals surface area (Å²) < 4.78 is 13.6. The third kappa shape index (κ3) is 3.59. The first kappa shape index (κ1) is 17.7. The van der Waals surface area contributed by atoms with Crippen LogP contribution in [-0.4, -0.2) is 34.7 Å². The van der Waals surface area contributed by atoms with Crippen molar-refractivity contribution in [2.75, 3.05) is 13.1 Å². The Hall–Kier alpha value is -2.69. The quantitative estimate of drug-likeness (QED) is 0.823. The number of halogens is 1. The molecule has 5 heteroatoms. The zero-order valence-corrected chi connectivity index (χ0v) is 15.2. The minimum atomic E-state index is -0.272. The minimum absolute atomic E-state index is 0.00118. The fourth-order valence-corrected chi connectivity index (χ4v) is 4.16. The predicted octanol–water partition coefficient (Wildman–Crippen LogP) is 3.93. The molecule has 0 aliphatic carbocycles. The SMILES string of the molecule is O=C1c2ccccc2CN1CCC(=O)N1CCCCC1c1cccc(F)c1. The molecule has 1 saturated heterocycles. The van der Waals surface area contributed by atoms with Crippen molar-refractivity contribution in [2.45, 2.75) is 38.3 Å². The number of fused-ring (bicyclic) bond motifs is 1. The molecule has 0 radical (unpaired) electrons. The number of carbonyl (C=O) groups is 2. The average molecular weight is 366 g/mol. The van der Waals surface area contributed by atoms with Gasteiger partial charge in [0, 0.05) is 31.6 Å². The van der Waals surface area contributed by atoms with Crippen molar-refractivity contribution in [3.63, 3.8) is 0 Å². The van der Waals surface area contributed by atoms with Crippen LogP contribution in [0.4, 0.5) is 4.39 Å². The van der Waals surface area contributed by atoms with Gasteiger partial charge in [-0.05, 0) is 48.6 Å².